The molecule has 6 heteroatoms. The van der Waals surface area contributed by atoms with Crippen LogP contribution in [0.5, 0.6) is 5.75 Å². The first-order chi connectivity index (χ1) is 13.1. The molecule has 0 saturated carbocycles. The molecule has 3 aromatic rings. The van der Waals surface area contributed by atoms with Gasteiger partial charge in [0.25, 0.3) is 5.91 Å². The molecule has 1 aliphatic rings. The Morgan fingerprint density at radius 3 is 2.78 bits per heavy atom. The maximum Gasteiger partial charge on any atom is 0.290 e. The Kier molecular flexibility index (Phi) is 5.07. The normalized spacial score (nSPS) is 16.7. The molecule has 3 heterocycles. The third-order valence-corrected chi connectivity index (χ3v) is 5.43. The number of hydrogen-bond acceptors (Lipinski definition) is 3. The van der Waals surface area contributed by atoms with Crippen molar-refractivity contribution >= 4 is 21.8 Å². The Bertz CT molecular complexity index is 929. The molecule has 0 bridgehead atoms. The third-order valence-electron chi connectivity index (χ3n) is 4.91. The van der Waals surface area contributed by atoms with E-state index >= 15 is 0 Å². The van der Waals surface area contributed by atoms with E-state index in [-0.39, 0.29) is 18.6 Å². The van der Waals surface area contributed by atoms with Gasteiger partial charge < -0.3 is 18.6 Å². The molecule has 1 aromatic carbocycles. The van der Waals surface area contributed by atoms with Crippen molar-refractivity contribution in [1.29, 1.82) is 0 Å². The van der Waals surface area contributed by atoms with E-state index in [1.807, 2.05) is 48.5 Å². The van der Waals surface area contributed by atoms with Crippen LogP contribution in [-0.4, -0.2) is 21.9 Å². The van der Waals surface area contributed by atoms with Gasteiger partial charge in [-0.25, -0.2) is 0 Å². The number of carbonyl (C=O) groups is 1. The van der Waals surface area contributed by atoms with Crippen LogP contribution in [0.25, 0.3) is 0 Å². The minimum Gasteiger partial charge on any atom is -0.486 e. The van der Waals surface area contributed by atoms with Gasteiger partial charge in [-0.15, -0.1) is 0 Å². The number of rotatable bonds is 5. The molecule has 27 heavy (non-hydrogen) atoms. The smallest absolute Gasteiger partial charge is 0.290 e. The van der Waals surface area contributed by atoms with E-state index in [0.29, 0.717) is 11.5 Å². The molecule has 2 aromatic heterocycles. The predicted octanol–water partition coefficient (Wildman–Crippen LogP) is 4.94. The summed E-state index contributed by atoms with van der Waals surface area (Å²) in [6.07, 6.45) is 3.99. The molecule has 0 aliphatic carbocycles. The van der Waals surface area contributed by atoms with Gasteiger partial charge >= 0.3 is 0 Å². The van der Waals surface area contributed by atoms with Gasteiger partial charge in [-0.2, -0.15) is 0 Å². The molecule has 1 atom stereocenters. The van der Waals surface area contributed by atoms with Crippen LogP contribution in [0.4, 0.5) is 0 Å². The Hall–Kier alpha value is -2.47. The number of halogens is 1. The number of benzene rings is 1. The predicted molar refractivity (Wildman–Crippen MR) is 106 cm³/mol. The zero-order valence-corrected chi connectivity index (χ0v) is 16.7. The lowest BCUT2D eigenvalue weighted by Crippen LogP contribution is -2.31. The van der Waals surface area contributed by atoms with Gasteiger partial charge in [-0.05, 0) is 61.4 Å². The number of furan rings is 1. The number of aryl methyl sites for hydroxylation is 1. The number of carbonyl (C=O) groups excluding carboxylic acids is 1. The second kappa shape index (κ2) is 7.64. The zero-order chi connectivity index (χ0) is 18.8. The second-order valence-corrected chi connectivity index (χ2v) is 7.62. The van der Waals surface area contributed by atoms with Gasteiger partial charge in [0, 0.05) is 30.0 Å². The summed E-state index contributed by atoms with van der Waals surface area (Å²) in [6, 6.07) is 15.3. The summed E-state index contributed by atoms with van der Waals surface area (Å²) in [4.78, 5) is 14.9. The minimum absolute atomic E-state index is 0.0615. The highest BCUT2D eigenvalue weighted by Gasteiger charge is 2.33. The van der Waals surface area contributed by atoms with E-state index in [9.17, 15) is 4.79 Å². The van der Waals surface area contributed by atoms with E-state index in [0.717, 1.165) is 35.3 Å². The molecule has 140 valence electrons. The van der Waals surface area contributed by atoms with Crippen molar-refractivity contribution in [3.8, 4) is 5.75 Å². The lowest BCUT2D eigenvalue weighted by atomic mass is 10.1. The van der Waals surface area contributed by atoms with Gasteiger partial charge in [0.1, 0.15) is 18.1 Å². The van der Waals surface area contributed by atoms with Gasteiger partial charge in [-0.3, -0.25) is 4.79 Å². The van der Waals surface area contributed by atoms with Crippen LogP contribution in [-0.2, 0) is 13.7 Å². The summed E-state index contributed by atoms with van der Waals surface area (Å²) in [5, 5.41) is 0. The van der Waals surface area contributed by atoms with Crippen LogP contribution in [0.1, 0.15) is 40.9 Å². The minimum atomic E-state index is -0.0615. The first-order valence-corrected chi connectivity index (χ1v) is 9.80. The average Bonchev–Trinajstić information content (AvgIpc) is 3.41. The Labute approximate surface area is 166 Å². The summed E-state index contributed by atoms with van der Waals surface area (Å²) < 4.78 is 14.6. The zero-order valence-electron chi connectivity index (χ0n) is 15.1. The maximum absolute atomic E-state index is 13.0. The van der Waals surface area contributed by atoms with Crippen LogP contribution in [0, 0.1) is 0 Å². The fourth-order valence-corrected chi connectivity index (χ4v) is 3.80. The largest absolute Gasteiger partial charge is 0.486 e. The van der Waals surface area contributed by atoms with E-state index in [1.54, 1.807) is 12.1 Å². The summed E-state index contributed by atoms with van der Waals surface area (Å²) in [5.41, 5.74) is 1.16. The molecule has 1 saturated heterocycles. The quantitative estimate of drug-likeness (QED) is 0.578. The number of ether oxygens (including phenoxy) is 1. The molecule has 0 spiro atoms. The molecule has 0 radical (unpaired) electrons. The summed E-state index contributed by atoms with van der Waals surface area (Å²) in [7, 11) is 2.01. The average molecular weight is 429 g/mol. The first-order valence-electron chi connectivity index (χ1n) is 9.01. The highest BCUT2D eigenvalue weighted by atomic mass is 79.9. The second-order valence-electron chi connectivity index (χ2n) is 6.71. The fraction of sp³-hybridized carbons (Fsp3) is 0.286. The highest BCUT2D eigenvalue weighted by molar-refractivity contribution is 9.10. The highest BCUT2D eigenvalue weighted by Crippen LogP contribution is 2.33. The molecule has 4 rings (SSSR count). The van der Waals surface area contributed by atoms with Gasteiger partial charge in [-0.1, -0.05) is 15.9 Å². The van der Waals surface area contributed by atoms with Crippen LogP contribution in [0.2, 0.25) is 0 Å². The van der Waals surface area contributed by atoms with Gasteiger partial charge in [0.05, 0.1) is 6.04 Å². The van der Waals surface area contributed by atoms with Crippen molar-refractivity contribution in [2.45, 2.75) is 25.5 Å². The van der Waals surface area contributed by atoms with Crippen molar-refractivity contribution in [2.24, 2.45) is 7.05 Å². The van der Waals surface area contributed by atoms with E-state index in [4.69, 9.17) is 9.15 Å². The van der Waals surface area contributed by atoms with Crippen molar-refractivity contribution in [3.05, 3.63) is 76.4 Å². The van der Waals surface area contributed by atoms with Crippen LogP contribution in [0.3, 0.4) is 0 Å². The third kappa shape index (κ3) is 3.81. The molecule has 1 fully saturated rings. The number of aromatic nitrogens is 1. The summed E-state index contributed by atoms with van der Waals surface area (Å²) in [6.45, 7) is 1.04. The molecular formula is C21H21BrN2O3. The molecular weight excluding hydrogens is 408 g/mol. The first kappa shape index (κ1) is 17.9. The van der Waals surface area contributed by atoms with Crippen LogP contribution in [0.15, 0.2) is 63.6 Å². The molecule has 5 nitrogen and oxygen atoms in total. The Balaban J connectivity index is 1.43. The van der Waals surface area contributed by atoms with Crippen molar-refractivity contribution < 1.29 is 13.9 Å². The maximum atomic E-state index is 13.0. The molecule has 1 amide bonds. The number of likely N-dealkylation sites (tertiary alicyclic amines) is 1. The van der Waals surface area contributed by atoms with Crippen molar-refractivity contribution in [3.63, 3.8) is 0 Å². The van der Waals surface area contributed by atoms with Gasteiger partial charge in [0.15, 0.2) is 5.76 Å². The Morgan fingerprint density at radius 1 is 1.22 bits per heavy atom. The SMILES string of the molecule is Cn1cccc1C1CCCN1C(=O)c1ccc(COc2ccc(Br)cc2)o1. The van der Waals surface area contributed by atoms with E-state index in [2.05, 4.69) is 26.6 Å². The van der Waals surface area contributed by atoms with Crippen LogP contribution >= 0.6 is 15.9 Å². The summed E-state index contributed by atoms with van der Waals surface area (Å²) >= 11 is 3.40. The van der Waals surface area contributed by atoms with Crippen molar-refractivity contribution in [2.75, 3.05) is 6.54 Å². The summed E-state index contributed by atoms with van der Waals surface area (Å²) in [5.74, 6) is 1.70. The van der Waals surface area contributed by atoms with E-state index < -0.39 is 0 Å². The van der Waals surface area contributed by atoms with Gasteiger partial charge in [0.2, 0.25) is 0 Å². The lowest BCUT2D eigenvalue weighted by molar-refractivity contribution is 0.0694. The number of nitrogens with zero attached hydrogens (tertiary/aromatic N) is 2. The topological polar surface area (TPSA) is 47.6 Å². The van der Waals surface area contributed by atoms with Crippen LogP contribution < -0.4 is 4.74 Å². The molecule has 1 aliphatic heterocycles. The molecule has 1 unspecified atom stereocenters. The lowest BCUT2D eigenvalue weighted by Gasteiger charge is -2.24. The number of amides is 1. The molecule has 0 N–H and O–H groups in total. The number of hydrogen-bond donors (Lipinski definition) is 0. The Morgan fingerprint density at radius 2 is 2.04 bits per heavy atom. The monoisotopic (exact) mass is 428 g/mol. The fourth-order valence-electron chi connectivity index (χ4n) is 3.54. The standard InChI is InChI=1S/C21H21BrN2O3/c1-23-12-2-4-18(23)19-5-3-13-24(19)21(25)20-11-10-17(27-20)14-26-16-8-6-15(22)7-9-16/h2,4,6-12,19H,3,5,13-14H2,1H3. The van der Waals surface area contributed by atoms with E-state index in [1.165, 1.54) is 0 Å². The van der Waals surface area contributed by atoms with Crippen molar-refractivity contribution in [1.82, 2.24) is 9.47 Å².